The van der Waals surface area contributed by atoms with Crippen LogP contribution in [0.5, 0.6) is 5.75 Å². The summed E-state index contributed by atoms with van der Waals surface area (Å²) in [5.41, 5.74) is 3.71. The highest BCUT2D eigenvalue weighted by Crippen LogP contribution is 2.24. The molecule has 0 unspecified atom stereocenters. The van der Waals surface area contributed by atoms with Gasteiger partial charge < -0.3 is 14.3 Å². The van der Waals surface area contributed by atoms with Crippen molar-refractivity contribution < 1.29 is 4.74 Å². The van der Waals surface area contributed by atoms with E-state index < -0.39 is 0 Å². The first-order valence-corrected chi connectivity index (χ1v) is 7.03. The second kappa shape index (κ2) is 4.70. The number of methoxy groups -OCH3 is 1. The fraction of sp³-hybridized carbons (Fsp3) is 0.111. The van der Waals surface area contributed by atoms with Gasteiger partial charge in [0.1, 0.15) is 5.75 Å². The number of aromatic nitrogens is 2. The quantitative estimate of drug-likeness (QED) is 0.597. The van der Waals surface area contributed by atoms with Crippen molar-refractivity contribution in [2.24, 2.45) is 0 Å². The van der Waals surface area contributed by atoms with Crippen LogP contribution in [-0.2, 0) is 6.54 Å². The van der Waals surface area contributed by atoms with Gasteiger partial charge in [-0.3, -0.25) is 0 Å². The predicted molar refractivity (Wildman–Crippen MR) is 85.9 cm³/mol. The van der Waals surface area contributed by atoms with Crippen molar-refractivity contribution in [2.75, 3.05) is 7.11 Å². The molecule has 0 fully saturated rings. The largest absolute Gasteiger partial charge is 0.497 e. The molecule has 4 aromatic rings. The number of hydrogen-bond donors (Lipinski definition) is 1. The maximum Gasteiger partial charge on any atom is 0.119 e. The van der Waals surface area contributed by atoms with Gasteiger partial charge in [0.15, 0.2) is 0 Å². The summed E-state index contributed by atoms with van der Waals surface area (Å²) in [7, 11) is 1.70. The van der Waals surface area contributed by atoms with Gasteiger partial charge >= 0.3 is 0 Å². The summed E-state index contributed by atoms with van der Waals surface area (Å²) in [6, 6.07) is 16.7. The zero-order valence-corrected chi connectivity index (χ0v) is 11.8. The van der Waals surface area contributed by atoms with Crippen molar-refractivity contribution in [3.8, 4) is 5.75 Å². The zero-order valence-electron chi connectivity index (χ0n) is 11.8. The van der Waals surface area contributed by atoms with E-state index in [1.165, 1.54) is 27.4 Å². The Hall–Kier alpha value is -2.68. The average molecular weight is 276 g/mol. The highest BCUT2D eigenvalue weighted by Gasteiger charge is 2.06. The molecule has 0 radical (unpaired) electrons. The van der Waals surface area contributed by atoms with E-state index in [4.69, 9.17) is 4.74 Å². The highest BCUT2D eigenvalue weighted by molar-refractivity contribution is 5.84. The van der Waals surface area contributed by atoms with Gasteiger partial charge in [-0.05, 0) is 35.9 Å². The zero-order chi connectivity index (χ0) is 14.2. The number of hydrogen-bond acceptors (Lipinski definition) is 1. The molecule has 0 aliphatic heterocycles. The average Bonchev–Trinajstić information content (AvgIpc) is 3.12. The monoisotopic (exact) mass is 276 g/mol. The molecule has 1 N–H and O–H groups in total. The summed E-state index contributed by atoms with van der Waals surface area (Å²) in [5, 5.41) is 2.49. The minimum absolute atomic E-state index is 0.861. The molecule has 2 heterocycles. The summed E-state index contributed by atoms with van der Waals surface area (Å²) in [6.07, 6.45) is 4.23. The van der Waals surface area contributed by atoms with Gasteiger partial charge in [-0.25, -0.2) is 0 Å². The topological polar surface area (TPSA) is 29.9 Å². The van der Waals surface area contributed by atoms with Gasteiger partial charge in [-0.1, -0.05) is 18.2 Å². The van der Waals surface area contributed by atoms with Crippen LogP contribution in [0.1, 0.15) is 5.56 Å². The lowest BCUT2D eigenvalue weighted by atomic mass is 10.2. The molecule has 21 heavy (non-hydrogen) atoms. The smallest absolute Gasteiger partial charge is 0.119 e. The normalized spacial score (nSPS) is 11.3. The Bertz CT molecular complexity index is 917. The van der Waals surface area contributed by atoms with Crippen LogP contribution in [0, 0.1) is 0 Å². The van der Waals surface area contributed by atoms with E-state index in [1.807, 2.05) is 6.07 Å². The molecule has 2 aromatic carbocycles. The van der Waals surface area contributed by atoms with E-state index in [2.05, 4.69) is 64.4 Å². The van der Waals surface area contributed by atoms with Crippen LogP contribution in [0.15, 0.2) is 60.9 Å². The number of para-hydroxylation sites is 1. The molecule has 0 bridgehead atoms. The van der Waals surface area contributed by atoms with E-state index in [9.17, 15) is 0 Å². The fourth-order valence-electron chi connectivity index (χ4n) is 2.89. The van der Waals surface area contributed by atoms with Gasteiger partial charge in [0.25, 0.3) is 0 Å². The minimum atomic E-state index is 0.861. The van der Waals surface area contributed by atoms with Gasteiger partial charge in [-0.15, -0.1) is 0 Å². The molecule has 3 nitrogen and oxygen atoms in total. The van der Waals surface area contributed by atoms with E-state index in [1.54, 1.807) is 7.11 Å². The number of fused-ring (bicyclic) bond motifs is 2. The number of aromatic amines is 1. The Morgan fingerprint density at radius 3 is 2.90 bits per heavy atom. The van der Waals surface area contributed by atoms with Crippen molar-refractivity contribution in [3.63, 3.8) is 0 Å². The molecule has 0 saturated carbocycles. The second-order valence-electron chi connectivity index (χ2n) is 5.23. The first-order valence-electron chi connectivity index (χ1n) is 7.03. The molecular weight excluding hydrogens is 260 g/mol. The second-order valence-corrected chi connectivity index (χ2v) is 5.23. The lowest BCUT2D eigenvalue weighted by molar-refractivity contribution is 0.415. The van der Waals surface area contributed by atoms with Gasteiger partial charge in [0.2, 0.25) is 0 Å². The molecule has 0 atom stereocenters. The summed E-state index contributed by atoms with van der Waals surface area (Å²) in [5.74, 6) is 0.896. The molecular formula is C18H16N2O. The summed E-state index contributed by atoms with van der Waals surface area (Å²) < 4.78 is 7.55. The van der Waals surface area contributed by atoms with Crippen LogP contribution in [-0.4, -0.2) is 16.7 Å². The van der Waals surface area contributed by atoms with E-state index in [-0.39, 0.29) is 0 Å². The first kappa shape index (κ1) is 12.1. The lowest BCUT2D eigenvalue weighted by Crippen LogP contribution is -1.96. The summed E-state index contributed by atoms with van der Waals surface area (Å²) >= 11 is 0. The SMILES string of the molecule is COc1ccc2c(ccn2Cc2c[nH]c3ccccc23)c1. The number of benzene rings is 2. The van der Waals surface area contributed by atoms with Crippen molar-refractivity contribution in [3.05, 3.63) is 66.5 Å². The number of ether oxygens (including phenoxy) is 1. The van der Waals surface area contributed by atoms with Crippen molar-refractivity contribution in [2.45, 2.75) is 6.54 Å². The van der Waals surface area contributed by atoms with Crippen LogP contribution >= 0.6 is 0 Å². The molecule has 0 amide bonds. The molecule has 104 valence electrons. The number of nitrogens with zero attached hydrogens (tertiary/aromatic N) is 1. The molecule has 0 aliphatic rings. The molecule has 3 heteroatoms. The lowest BCUT2D eigenvalue weighted by Gasteiger charge is -2.06. The van der Waals surface area contributed by atoms with Crippen LogP contribution in [0.2, 0.25) is 0 Å². The van der Waals surface area contributed by atoms with Crippen molar-refractivity contribution >= 4 is 21.8 Å². The third-order valence-electron chi connectivity index (χ3n) is 3.99. The molecule has 4 rings (SSSR count). The standard InChI is InChI=1S/C18H16N2O/c1-21-15-6-7-18-13(10-15)8-9-20(18)12-14-11-19-17-5-3-2-4-16(14)17/h2-11,19H,12H2,1H3. The fourth-order valence-corrected chi connectivity index (χ4v) is 2.89. The Labute approximate surface area is 122 Å². The summed E-state index contributed by atoms with van der Waals surface area (Å²) in [6.45, 7) is 0.861. The first-order chi connectivity index (χ1) is 10.3. The van der Waals surface area contributed by atoms with Crippen LogP contribution in [0.4, 0.5) is 0 Å². The molecule has 2 aromatic heterocycles. The van der Waals surface area contributed by atoms with Gasteiger partial charge in [0.05, 0.1) is 7.11 Å². The maximum atomic E-state index is 5.28. The molecule has 0 spiro atoms. The highest BCUT2D eigenvalue weighted by atomic mass is 16.5. The third-order valence-corrected chi connectivity index (χ3v) is 3.99. The maximum absolute atomic E-state index is 5.28. The van der Waals surface area contributed by atoms with Gasteiger partial charge in [-0.2, -0.15) is 0 Å². The van der Waals surface area contributed by atoms with E-state index in [0.29, 0.717) is 0 Å². The van der Waals surface area contributed by atoms with E-state index in [0.717, 1.165) is 12.3 Å². The Morgan fingerprint density at radius 1 is 1.10 bits per heavy atom. The Morgan fingerprint density at radius 2 is 2.00 bits per heavy atom. The number of rotatable bonds is 3. The minimum Gasteiger partial charge on any atom is -0.497 e. The van der Waals surface area contributed by atoms with Crippen LogP contribution < -0.4 is 4.74 Å². The predicted octanol–water partition coefficient (Wildman–Crippen LogP) is 4.18. The van der Waals surface area contributed by atoms with Crippen molar-refractivity contribution in [1.82, 2.24) is 9.55 Å². The third kappa shape index (κ3) is 1.98. The molecule has 0 aliphatic carbocycles. The number of nitrogens with one attached hydrogen (secondary N) is 1. The van der Waals surface area contributed by atoms with E-state index >= 15 is 0 Å². The summed E-state index contributed by atoms with van der Waals surface area (Å²) in [4.78, 5) is 3.33. The van der Waals surface area contributed by atoms with Gasteiger partial charge in [0, 0.05) is 40.7 Å². The van der Waals surface area contributed by atoms with Crippen LogP contribution in [0.25, 0.3) is 21.8 Å². The Kier molecular flexibility index (Phi) is 2.71. The molecule has 0 saturated heterocycles. The Balaban J connectivity index is 1.77. The van der Waals surface area contributed by atoms with Crippen LogP contribution in [0.3, 0.4) is 0 Å². The van der Waals surface area contributed by atoms with Crippen molar-refractivity contribution in [1.29, 1.82) is 0 Å². The number of H-pyrrole nitrogens is 1.